The van der Waals surface area contributed by atoms with Crippen molar-refractivity contribution in [3.63, 3.8) is 0 Å². The predicted molar refractivity (Wildman–Crippen MR) is 127 cm³/mol. The molecule has 2 aromatic carbocycles. The number of methoxy groups -OCH3 is 1. The summed E-state index contributed by atoms with van der Waals surface area (Å²) in [4.78, 5) is 68.2. The quantitative estimate of drug-likeness (QED) is 0.0955. The highest BCUT2D eigenvalue weighted by Crippen LogP contribution is 2.25. The Balaban J connectivity index is 2.11. The van der Waals surface area contributed by atoms with Gasteiger partial charge in [0.05, 0.1) is 35.4 Å². The number of anilines is 1. The van der Waals surface area contributed by atoms with E-state index in [0.29, 0.717) is 0 Å². The van der Waals surface area contributed by atoms with Gasteiger partial charge in [0, 0.05) is 12.1 Å². The van der Waals surface area contributed by atoms with Gasteiger partial charge in [0.1, 0.15) is 17.4 Å². The molecule has 0 aliphatic heterocycles. The van der Waals surface area contributed by atoms with Gasteiger partial charge in [0.25, 0.3) is 17.2 Å². The molecular weight excluding hydrogens is 476 g/mol. The van der Waals surface area contributed by atoms with Gasteiger partial charge in [-0.1, -0.05) is 12.1 Å². The number of ketones is 1. The lowest BCUT2D eigenvalue weighted by atomic mass is 9.93. The number of benzene rings is 2. The Morgan fingerprint density at radius 3 is 2.61 bits per heavy atom. The van der Waals surface area contributed by atoms with Crippen LogP contribution in [0.1, 0.15) is 18.5 Å². The largest absolute Gasteiger partial charge is 0.492 e. The van der Waals surface area contributed by atoms with Gasteiger partial charge in [-0.05, 0) is 25.1 Å². The number of nitrogens with one attached hydrogen (secondary N) is 2. The number of para-hydroxylation sites is 2. The van der Waals surface area contributed by atoms with E-state index in [9.17, 15) is 29.3 Å². The molecule has 0 spiro atoms. The smallest absolute Gasteiger partial charge is 0.355 e. The number of non-ortho nitro benzene ring substituents is 1. The molecule has 4 N–H and O–H groups in total. The molecule has 0 bridgehead atoms. The number of nitrogens with two attached hydrogens (primary N) is 1. The van der Waals surface area contributed by atoms with Crippen LogP contribution >= 0.6 is 0 Å². The lowest BCUT2D eigenvalue weighted by Gasteiger charge is -2.16. The molecule has 3 rings (SSSR count). The van der Waals surface area contributed by atoms with E-state index in [4.69, 9.17) is 10.6 Å². The first-order chi connectivity index (χ1) is 17.2. The van der Waals surface area contributed by atoms with Crippen LogP contribution in [-0.4, -0.2) is 52.0 Å². The number of aromatic amines is 1. The lowest BCUT2D eigenvalue weighted by Crippen LogP contribution is -2.40. The summed E-state index contributed by atoms with van der Waals surface area (Å²) < 4.78 is 10.0. The first-order valence-corrected chi connectivity index (χ1v) is 10.3. The number of nitrogens with zero attached hydrogens (tertiary/aromatic N) is 3. The summed E-state index contributed by atoms with van der Waals surface area (Å²) in [5, 5.41) is 16.7. The molecule has 36 heavy (non-hydrogen) atoms. The number of hydrogen-bond donors (Lipinski definition) is 3. The fourth-order valence-electron chi connectivity index (χ4n) is 3.29. The first-order valence-electron chi connectivity index (χ1n) is 10.3. The Morgan fingerprint density at radius 2 is 1.97 bits per heavy atom. The minimum atomic E-state index is -1.95. The molecule has 0 aliphatic rings. The summed E-state index contributed by atoms with van der Waals surface area (Å²) in [7, 11) is 0.991. The van der Waals surface area contributed by atoms with Crippen molar-refractivity contribution in [3.05, 3.63) is 68.6 Å². The van der Waals surface area contributed by atoms with Crippen LogP contribution in [0.2, 0.25) is 0 Å². The van der Waals surface area contributed by atoms with E-state index < -0.39 is 45.5 Å². The molecule has 14 heteroatoms. The zero-order chi connectivity index (χ0) is 26.4. The highest BCUT2D eigenvalue weighted by atomic mass is 16.6. The number of amides is 1. The van der Waals surface area contributed by atoms with Crippen LogP contribution in [0.3, 0.4) is 0 Å². The normalized spacial score (nSPS) is 12.0. The number of nitro benzene ring substituents is 1. The number of rotatable bonds is 9. The number of hydrogen-bond acceptors (Lipinski definition) is 11. The molecule has 0 fully saturated rings. The Morgan fingerprint density at radius 1 is 1.25 bits per heavy atom. The van der Waals surface area contributed by atoms with Crippen molar-refractivity contribution in [3.8, 4) is 5.75 Å². The van der Waals surface area contributed by atoms with Crippen LogP contribution in [-0.2, 0) is 19.1 Å². The maximum Gasteiger partial charge on any atom is 0.355 e. The van der Waals surface area contributed by atoms with Crippen molar-refractivity contribution in [2.75, 3.05) is 19.0 Å². The highest BCUT2D eigenvalue weighted by Gasteiger charge is 2.39. The number of fused-ring (bicyclic) bond motifs is 1. The fourth-order valence-corrected chi connectivity index (χ4v) is 3.29. The summed E-state index contributed by atoms with van der Waals surface area (Å²) in [5.74, 6) is -0.0423. The Kier molecular flexibility index (Phi) is 7.69. The second-order valence-corrected chi connectivity index (χ2v) is 7.10. The van der Waals surface area contributed by atoms with Crippen LogP contribution in [0, 0.1) is 10.1 Å². The van der Waals surface area contributed by atoms with Crippen molar-refractivity contribution in [1.82, 2.24) is 9.97 Å². The molecule has 1 aromatic heterocycles. The maximum atomic E-state index is 13.3. The zero-order valence-electron chi connectivity index (χ0n) is 19.0. The van der Waals surface area contributed by atoms with Gasteiger partial charge in [-0.3, -0.25) is 24.5 Å². The molecule has 0 saturated carbocycles. The Bertz CT molecular complexity index is 1450. The molecular formula is C22H20N6O8. The van der Waals surface area contributed by atoms with Gasteiger partial charge in [-0.25, -0.2) is 9.78 Å². The number of aromatic nitrogens is 2. The van der Waals surface area contributed by atoms with Gasteiger partial charge in [-0.2, -0.15) is 5.10 Å². The Labute approximate surface area is 202 Å². The van der Waals surface area contributed by atoms with E-state index in [-0.39, 0.29) is 34.8 Å². The second kappa shape index (κ2) is 10.9. The van der Waals surface area contributed by atoms with Crippen LogP contribution in [0.5, 0.6) is 5.75 Å². The maximum absolute atomic E-state index is 13.3. The Hall–Kier alpha value is -5.14. The minimum absolute atomic E-state index is 0.0106. The molecule has 0 saturated heterocycles. The number of Topliss-reactive ketones (excluding diaryl/α,β-unsaturated/α-hetero) is 1. The standard InChI is InChI=1S/C22H20N6O8/c1-3-36-15-7-5-4-6-13(15)25-21(31)19(29)16(18(27-23)22(32)35-2)17-20(30)26-14-10-11(28(33)34)8-9-12(14)24-17/h4-10,16H,3,23H2,1-2H3,(H,25,31)(H,26,30)/b27-18+/t16-/m0/s1. The van der Waals surface area contributed by atoms with Crippen molar-refractivity contribution in [2.45, 2.75) is 12.8 Å². The van der Waals surface area contributed by atoms with Gasteiger partial charge >= 0.3 is 5.97 Å². The summed E-state index contributed by atoms with van der Waals surface area (Å²) in [6, 6.07) is 9.73. The molecule has 14 nitrogen and oxygen atoms in total. The van der Waals surface area contributed by atoms with Crippen molar-refractivity contribution >= 4 is 45.8 Å². The van der Waals surface area contributed by atoms with Crippen LogP contribution in [0.25, 0.3) is 11.0 Å². The van der Waals surface area contributed by atoms with Gasteiger partial charge in [-0.15, -0.1) is 0 Å². The summed E-state index contributed by atoms with van der Waals surface area (Å²) in [6.45, 7) is 2.01. The molecule has 0 radical (unpaired) electrons. The molecule has 0 aliphatic carbocycles. The molecule has 1 heterocycles. The van der Waals surface area contributed by atoms with Crippen LogP contribution < -0.4 is 21.5 Å². The number of carbonyl (C=O) groups is 3. The molecule has 1 atom stereocenters. The van der Waals surface area contributed by atoms with E-state index in [1.54, 1.807) is 25.1 Å². The number of nitro groups is 1. The van der Waals surface area contributed by atoms with Gasteiger partial charge in [0.15, 0.2) is 5.71 Å². The van der Waals surface area contributed by atoms with Crippen molar-refractivity contribution < 1.29 is 28.8 Å². The van der Waals surface area contributed by atoms with Crippen molar-refractivity contribution in [2.24, 2.45) is 10.9 Å². The number of carbonyl (C=O) groups excluding carboxylic acids is 3. The van der Waals surface area contributed by atoms with E-state index in [1.165, 1.54) is 12.1 Å². The molecule has 1 amide bonds. The zero-order valence-corrected chi connectivity index (χ0v) is 19.0. The highest BCUT2D eigenvalue weighted by molar-refractivity contribution is 6.53. The third-order valence-corrected chi connectivity index (χ3v) is 4.91. The van der Waals surface area contributed by atoms with Crippen LogP contribution in [0.4, 0.5) is 11.4 Å². The van der Waals surface area contributed by atoms with Gasteiger partial charge < -0.3 is 25.6 Å². The number of hydrazone groups is 1. The number of H-pyrrole nitrogens is 1. The molecule has 0 unspecified atom stereocenters. The summed E-state index contributed by atoms with van der Waals surface area (Å²) in [5.41, 5.74) is -2.48. The first kappa shape index (κ1) is 25.5. The average Bonchev–Trinajstić information content (AvgIpc) is 2.87. The number of esters is 1. The predicted octanol–water partition coefficient (Wildman–Crippen LogP) is 1.01. The average molecular weight is 496 g/mol. The van der Waals surface area contributed by atoms with E-state index in [2.05, 4.69) is 25.1 Å². The second-order valence-electron chi connectivity index (χ2n) is 7.10. The fraction of sp³-hybridized carbons (Fsp3) is 0.182. The molecule has 3 aromatic rings. The number of ether oxygens (including phenoxy) is 2. The lowest BCUT2D eigenvalue weighted by molar-refractivity contribution is -0.384. The SMILES string of the molecule is CCOc1ccccc1NC(=O)C(=O)[C@H](/C(=N\N)C(=O)OC)c1nc2ccc([N+](=O)[O-])cc2[nH]c1=O. The summed E-state index contributed by atoms with van der Waals surface area (Å²) in [6.07, 6.45) is 0. The topological polar surface area (TPSA) is 209 Å². The monoisotopic (exact) mass is 496 g/mol. The third kappa shape index (κ3) is 5.16. The van der Waals surface area contributed by atoms with E-state index in [0.717, 1.165) is 19.2 Å². The van der Waals surface area contributed by atoms with Crippen molar-refractivity contribution in [1.29, 1.82) is 0 Å². The van der Waals surface area contributed by atoms with E-state index in [1.807, 2.05) is 0 Å². The van der Waals surface area contributed by atoms with Gasteiger partial charge in [0.2, 0.25) is 5.78 Å². The summed E-state index contributed by atoms with van der Waals surface area (Å²) >= 11 is 0. The minimum Gasteiger partial charge on any atom is -0.492 e. The molecule has 186 valence electrons. The third-order valence-electron chi connectivity index (χ3n) is 4.91. The van der Waals surface area contributed by atoms with E-state index >= 15 is 0 Å². The van der Waals surface area contributed by atoms with Crippen LogP contribution in [0.15, 0.2) is 52.4 Å².